The summed E-state index contributed by atoms with van der Waals surface area (Å²) in [7, 11) is 0. The molecule has 1 aromatic rings. The molecule has 1 heterocycles. The Balaban J connectivity index is 2.08. The van der Waals surface area contributed by atoms with E-state index in [0.29, 0.717) is 6.54 Å². The molecule has 3 heteroatoms. The molecule has 2 N–H and O–H groups in total. The molecular weight excluding hydrogens is 215 g/mol. The summed E-state index contributed by atoms with van der Waals surface area (Å²) in [5, 5.41) is 0. The number of hydrogen-bond donors (Lipinski definition) is 1. The van der Waals surface area contributed by atoms with Gasteiger partial charge in [-0.25, -0.2) is 4.39 Å². The van der Waals surface area contributed by atoms with Crippen molar-refractivity contribution >= 4 is 5.69 Å². The molecule has 0 atom stereocenters. The number of rotatable bonds is 3. The Kier molecular flexibility index (Phi) is 4.00. The van der Waals surface area contributed by atoms with E-state index in [1.807, 2.05) is 12.1 Å². The van der Waals surface area contributed by atoms with Crippen LogP contribution in [0.25, 0.3) is 0 Å². The summed E-state index contributed by atoms with van der Waals surface area (Å²) in [5.74, 6) is 0.681. The second-order valence-electron chi connectivity index (χ2n) is 4.83. The standard InChI is InChI=1S/C14H21FN2/c1-2-11-5-7-17(8-6-11)14-4-3-12(10-16)9-13(14)15/h3-4,9,11H,2,5-8,10,16H2,1H3. The highest BCUT2D eigenvalue weighted by Crippen LogP contribution is 2.27. The van der Waals surface area contributed by atoms with E-state index in [1.165, 1.54) is 19.3 Å². The molecule has 2 nitrogen and oxygen atoms in total. The second-order valence-corrected chi connectivity index (χ2v) is 4.83. The lowest BCUT2D eigenvalue weighted by molar-refractivity contribution is 0.392. The first-order valence-electron chi connectivity index (χ1n) is 6.48. The van der Waals surface area contributed by atoms with Crippen molar-refractivity contribution in [2.24, 2.45) is 11.7 Å². The number of halogens is 1. The van der Waals surface area contributed by atoms with E-state index in [2.05, 4.69) is 11.8 Å². The molecule has 2 rings (SSSR count). The molecule has 94 valence electrons. The summed E-state index contributed by atoms with van der Waals surface area (Å²) in [6.07, 6.45) is 3.59. The van der Waals surface area contributed by atoms with Crippen LogP contribution >= 0.6 is 0 Å². The van der Waals surface area contributed by atoms with E-state index in [9.17, 15) is 4.39 Å². The number of piperidine rings is 1. The van der Waals surface area contributed by atoms with Gasteiger partial charge in [0, 0.05) is 19.6 Å². The summed E-state index contributed by atoms with van der Waals surface area (Å²) < 4.78 is 13.9. The van der Waals surface area contributed by atoms with Crippen LogP contribution in [0.1, 0.15) is 31.7 Å². The predicted octanol–water partition coefficient (Wildman–Crippen LogP) is 2.91. The van der Waals surface area contributed by atoms with Gasteiger partial charge in [0.15, 0.2) is 0 Å². The first kappa shape index (κ1) is 12.4. The number of nitrogens with zero attached hydrogens (tertiary/aromatic N) is 1. The van der Waals surface area contributed by atoms with Crippen molar-refractivity contribution in [3.05, 3.63) is 29.6 Å². The van der Waals surface area contributed by atoms with Crippen LogP contribution in [0.5, 0.6) is 0 Å². The molecule has 0 amide bonds. The van der Waals surface area contributed by atoms with Crippen LogP contribution in [0, 0.1) is 11.7 Å². The van der Waals surface area contributed by atoms with E-state index < -0.39 is 0 Å². The summed E-state index contributed by atoms with van der Waals surface area (Å²) in [4.78, 5) is 2.15. The van der Waals surface area contributed by atoms with Crippen molar-refractivity contribution in [2.45, 2.75) is 32.7 Å². The Morgan fingerprint density at radius 1 is 1.35 bits per heavy atom. The molecule has 1 aromatic carbocycles. The zero-order chi connectivity index (χ0) is 12.3. The molecule has 1 aliphatic rings. The molecule has 0 bridgehead atoms. The highest BCUT2D eigenvalue weighted by atomic mass is 19.1. The Morgan fingerprint density at radius 3 is 2.59 bits per heavy atom. The van der Waals surface area contributed by atoms with Crippen LogP contribution in [0.2, 0.25) is 0 Å². The number of benzene rings is 1. The number of hydrogen-bond acceptors (Lipinski definition) is 2. The minimum absolute atomic E-state index is 0.136. The van der Waals surface area contributed by atoms with E-state index in [-0.39, 0.29) is 5.82 Å². The average molecular weight is 236 g/mol. The lowest BCUT2D eigenvalue weighted by atomic mass is 9.94. The summed E-state index contributed by atoms with van der Waals surface area (Å²) in [6.45, 7) is 4.57. The fourth-order valence-electron chi connectivity index (χ4n) is 2.52. The third-order valence-electron chi connectivity index (χ3n) is 3.78. The Morgan fingerprint density at radius 2 is 2.06 bits per heavy atom. The highest BCUT2D eigenvalue weighted by molar-refractivity contribution is 5.49. The van der Waals surface area contributed by atoms with Gasteiger partial charge in [-0.05, 0) is 36.5 Å². The first-order valence-corrected chi connectivity index (χ1v) is 6.48. The number of anilines is 1. The van der Waals surface area contributed by atoms with Crippen molar-refractivity contribution in [2.75, 3.05) is 18.0 Å². The van der Waals surface area contributed by atoms with Gasteiger partial charge in [0.05, 0.1) is 5.69 Å². The van der Waals surface area contributed by atoms with Gasteiger partial charge in [0.1, 0.15) is 5.82 Å². The fraction of sp³-hybridized carbons (Fsp3) is 0.571. The average Bonchev–Trinajstić information content (AvgIpc) is 2.39. The number of nitrogens with two attached hydrogens (primary N) is 1. The molecule has 1 saturated heterocycles. The summed E-state index contributed by atoms with van der Waals surface area (Å²) in [5.41, 5.74) is 7.09. The topological polar surface area (TPSA) is 29.3 Å². The monoisotopic (exact) mass is 236 g/mol. The van der Waals surface area contributed by atoms with Gasteiger partial charge in [-0.15, -0.1) is 0 Å². The molecule has 1 aliphatic heterocycles. The van der Waals surface area contributed by atoms with E-state index in [4.69, 9.17) is 5.73 Å². The van der Waals surface area contributed by atoms with Crippen LogP contribution < -0.4 is 10.6 Å². The lowest BCUT2D eigenvalue weighted by Crippen LogP contribution is -2.34. The maximum absolute atomic E-state index is 13.9. The van der Waals surface area contributed by atoms with E-state index in [0.717, 1.165) is 30.3 Å². The Bertz CT molecular complexity index is 370. The molecule has 0 radical (unpaired) electrons. The minimum Gasteiger partial charge on any atom is -0.369 e. The largest absolute Gasteiger partial charge is 0.369 e. The highest BCUT2D eigenvalue weighted by Gasteiger charge is 2.20. The normalized spacial score (nSPS) is 17.5. The van der Waals surface area contributed by atoms with E-state index >= 15 is 0 Å². The fourth-order valence-corrected chi connectivity index (χ4v) is 2.52. The maximum atomic E-state index is 13.9. The molecule has 0 aromatic heterocycles. The predicted molar refractivity (Wildman–Crippen MR) is 69.5 cm³/mol. The van der Waals surface area contributed by atoms with Gasteiger partial charge < -0.3 is 10.6 Å². The minimum atomic E-state index is -0.136. The molecule has 0 spiro atoms. The molecule has 0 unspecified atom stereocenters. The van der Waals surface area contributed by atoms with Gasteiger partial charge in [-0.3, -0.25) is 0 Å². The zero-order valence-corrected chi connectivity index (χ0v) is 10.5. The van der Waals surface area contributed by atoms with Gasteiger partial charge in [-0.1, -0.05) is 19.4 Å². The van der Waals surface area contributed by atoms with Crippen LogP contribution in [0.15, 0.2) is 18.2 Å². The summed E-state index contributed by atoms with van der Waals surface area (Å²) in [6, 6.07) is 5.34. The van der Waals surface area contributed by atoms with Gasteiger partial charge >= 0.3 is 0 Å². The third-order valence-corrected chi connectivity index (χ3v) is 3.78. The molecule has 17 heavy (non-hydrogen) atoms. The first-order chi connectivity index (χ1) is 8.24. The molecular formula is C14H21FN2. The van der Waals surface area contributed by atoms with Crippen molar-refractivity contribution in [3.63, 3.8) is 0 Å². The zero-order valence-electron chi connectivity index (χ0n) is 10.5. The van der Waals surface area contributed by atoms with Crippen LogP contribution in [0.4, 0.5) is 10.1 Å². The van der Waals surface area contributed by atoms with Gasteiger partial charge in [0.25, 0.3) is 0 Å². The van der Waals surface area contributed by atoms with Crippen molar-refractivity contribution < 1.29 is 4.39 Å². The second kappa shape index (κ2) is 5.50. The van der Waals surface area contributed by atoms with Crippen LogP contribution in [-0.2, 0) is 6.54 Å². The summed E-state index contributed by atoms with van der Waals surface area (Å²) >= 11 is 0. The maximum Gasteiger partial charge on any atom is 0.146 e. The van der Waals surface area contributed by atoms with Crippen molar-refractivity contribution in [3.8, 4) is 0 Å². The van der Waals surface area contributed by atoms with Gasteiger partial charge in [0.2, 0.25) is 0 Å². The quantitative estimate of drug-likeness (QED) is 0.874. The third kappa shape index (κ3) is 2.78. The SMILES string of the molecule is CCC1CCN(c2ccc(CN)cc2F)CC1. The molecule has 0 aliphatic carbocycles. The smallest absolute Gasteiger partial charge is 0.146 e. The van der Waals surface area contributed by atoms with Crippen molar-refractivity contribution in [1.29, 1.82) is 0 Å². The Labute approximate surface area is 103 Å². The van der Waals surface area contributed by atoms with Crippen LogP contribution in [0.3, 0.4) is 0 Å². The molecule has 1 fully saturated rings. The molecule has 0 saturated carbocycles. The van der Waals surface area contributed by atoms with Crippen LogP contribution in [-0.4, -0.2) is 13.1 Å². The Hall–Kier alpha value is -1.09. The lowest BCUT2D eigenvalue weighted by Gasteiger charge is -2.33. The van der Waals surface area contributed by atoms with Crippen molar-refractivity contribution in [1.82, 2.24) is 0 Å². The van der Waals surface area contributed by atoms with E-state index in [1.54, 1.807) is 6.07 Å². The van der Waals surface area contributed by atoms with Gasteiger partial charge in [-0.2, -0.15) is 0 Å².